The largest absolute Gasteiger partial charge is 0.507 e. The van der Waals surface area contributed by atoms with Crippen LogP contribution in [-0.4, -0.2) is 87.7 Å². The van der Waals surface area contributed by atoms with Crippen molar-refractivity contribution in [3.05, 3.63) is 59.9 Å². The maximum atomic E-state index is 13.3. The highest BCUT2D eigenvalue weighted by Crippen LogP contribution is 2.20. The Morgan fingerprint density at radius 2 is 1.82 bits per heavy atom. The van der Waals surface area contributed by atoms with Crippen molar-refractivity contribution in [2.24, 2.45) is 11.8 Å². The summed E-state index contributed by atoms with van der Waals surface area (Å²) in [6.45, 7) is 3.72. The van der Waals surface area contributed by atoms with Crippen LogP contribution in [0.15, 0.2) is 48.8 Å². The Balaban J connectivity index is 1.66. The van der Waals surface area contributed by atoms with Gasteiger partial charge in [0, 0.05) is 24.4 Å². The number of rotatable bonds is 5. The number of carbonyl (C=O) groups excluding carboxylic acids is 3. The van der Waals surface area contributed by atoms with Gasteiger partial charge in [-0.3, -0.25) is 24.7 Å². The van der Waals surface area contributed by atoms with E-state index in [1.165, 1.54) is 12.1 Å². The topological polar surface area (TPSA) is 182 Å². The molecule has 3 heterocycles. The molecule has 12 nitrogen and oxygen atoms in total. The van der Waals surface area contributed by atoms with E-state index in [9.17, 15) is 29.7 Å². The molecule has 2 aliphatic heterocycles. The van der Waals surface area contributed by atoms with Crippen LogP contribution in [0.5, 0.6) is 5.75 Å². The molecule has 39 heavy (non-hydrogen) atoms. The van der Waals surface area contributed by atoms with Gasteiger partial charge in [0.1, 0.15) is 18.0 Å². The smallest absolute Gasteiger partial charge is 0.255 e. The van der Waals surface area contributed by atoms with Crippen LogP contribution in [0.25, 0.3) is 0 Å². The number of carbonyl (C=O) groups is 3. The molecule has 1 aromatic carbocycles. The number of ether oxygens (including phenoxy) is 1. The Morgan fingerprint density at radius 1 is 1.08 bits per heavy atom. The minimum Gasteiger partial charge on any atom is -0.507 e. The Bertz CT molecular complexity index is 1160. The van der Waals surface area contributed by atoms with Crippen LogP contribution in [0, 0.1) is 11.8 Å². The van der Waals surface area contributed by atoms with Gasteiger partial charge in [-0.15, -0.1) is 0 Å². The van der Waals surface area contributed by atoms with Gasteiger partial charge in [-0.2, -0.15) is 0 Å². The van der Waals surface area contributed by atoms with E-state index in [-0.39, 0.29) is 36.9 Å². The molecule has 0 spiro atoms. The fraction of sp³-hybridized carbons (Fsp3) is 0.481. The van der Waals surface area contributed by atoms with E-state index in [0.717, 1.165) is 5.56 Å². The Kier molecular flexibility index (Phi) is 9.12. The predicted octanol–water partition coefficient (Wildman–Crippen LogP) is -0.949. The SMILES string of the molecule is CC1NC(=O)C(C2COC2)NC(=O)C(C)C(O)C(Cc2cccnc2)NC(O)C1NC(=O)c1ccccc1O. The van der Waals surface area contributed by atoms with E-state index in [0.29, 0.717) is 0 Å². The summed E-state index contributed by atoms with van der Waals surface area (Å²) >= 11 is 0. The van der Waals surface area contributed by atoms with E-state index >= 15 is 0 Å². The molecule has 7 atom stereocenters. The molecule has 210 valence electrons. The van der Waals surface area contributed by atoms with Gasteiger partial charge in [-0.1, -0.05) is 25.1 Å². The number of aromatic hydroxyl groups is 1. The first-order valence-electron chi connectivity index (χ1n) is 12.9. The standard InChI is InChI=1S/C27H35N5O7/c1-14-23(34)19(10-16-6-5-9-28-11-16)30-26(37)21(31-25(36)18-7-3-4-8-20(18)33)15(2)29-27(38)22(32-24(14)35)17-12-39-13-17/h3-9,11,14-15,17,19,21-23,26,30,33-34,37H,10,12-13H2,1-2H3,(H,29,38)(H,31,36)(H,32,35). The second-order valence-corrected chi connectivity index (χ2v) is 10.2. The second-order valence-electron chi connectivity index (χ2n) is 10.2. The maximum Gasteiger partial charge on any atom is 0.255 e. The van der Waals surface area contributed by atoms with E-state index < -0.39 is 60.1 Å². The average molecular weight is 542 g/mol. The molecule has 0 radical (unpaired) electrons. The Morgan fingerprint density at radius 3 is 2.46 bits per heavy atom. The van der Waals surface area contributed by atoms with Gasteiger partial charge >= 0.3 is 0 Å². The number of pyridine rings is 1. The molecule has 0 bridgehead atoms. The van der Waals surface area contributed by atoms with E-state index in [1.54, 1.807) is 44.4 Å². The van der Waals surface area contributed by atoms with Crippen molar-refractivity contribution in [3.63, 3.8) is 0 Å². The first-order valence-corrected chi connectivity index (χ1v) is 12.9. The van der Waals surface area contributed by atoms with Gasteiger partial charge in [0.25, 0.3) is 5.91 Å². The summed E-state index contributed by atoms with van der Waals surface area (Å²) < 4.78 is 5.24. The summed E-state index contributed by atoms with van der Waals surface area (Å²) in [5, 5.41) is 44.0. The molecule has 12 heteroatoms. The summed E-state index contributed by atoms with van der Waals surface area (Å²) in [6.07, 6.45) is 0.703. The van der Waals surface area contributed by atoms with Crippen molar-refractivity contribution < 1.29 is 34.4 Å². The zero-order valence-corrected chi connectivity index (χ0v) is 21.8. The Labute approximate surface area is 226 Å². The first-order chi connectivity index (χ1) is 18.7. The highest BCUT2D eigenvalue weighted by Gasteiger charge is 2.41. The lowest BCUT2D eigenvalue weighted by atomic mass is 9.90. The summed E-state index contributed by atoms with van der Waals surface area (Å²) in [5.74, 6) is -3.14. The minimum atomic E-state index is -1.47. The van der Waals surface area contributed by atoms with Crippen molar-refractivity contribution in [3.8, 4) is 5.75 Å². The molecule has 1 aromatic heterocycles. The van der Waals surface area contributed by atoms with Crippen LogP contribution in [0.4, 0.5) is 0 Å². The lowest BCUT2D eigenvalue weighted by molar-refractivity contribution is -0.141. The normalized spacial score (nSPS) is 30.6. The molecule has 2 saturated heterocycles. The van der Waals surface area contributed by atoms with Crippen LogP contribution in [-0.2, 0) is 20.7 Å². The molecular formula is C27H35N5O7. The van der Waals surface area contributed by atoms with Gasteiger partial charge in [0.15, 0.2) is 0 Å². The maximum absolute atomic E-state index is 13.3. The quantitative estimate of drug-likeness (QED) is 0.251. The number of phenolic OH excluding ortho intramolecular Hbond substituents is 1. The van der Waals surface area contributed by atoms with Gasteiger partial charge in [-0.25, -0.2) is 0 Å². The molecular weight excluding hydrogens is 506 g/mol. The molecule has 3 amide bonds. The third-order valence-corrected chi connectivity index (χ3v) is 7.31. The number of amides is 3. The Hall–Kier alpha value is -3.58. The number of aliphatic hydroxyl groups excluding tert-OH is 2. The highest BCUT2D eigenvalue weighted by atomic mass is 16.5. The van der Waals surface area contributed by atoms with Crippen molar-refractivity contribution in [2.75, 3.05) is 13.2 Å². The first kappa shape index (κ1) is 28.4. The second kappa shape index (κ2) is 12.5. The summed E-state index contributed by atoms with van der Waals surface area (Å²) in [6, 6.07) is 5.83. The predicted molar refractivity (Wildman–Crippen MR) is 139 cm³/mol. The van der Waals surface area contributed by atoms with Crippen molar-refractivity contribution in [1.82, 2.24) is 26.3 Å². The average Bonchev–Trinajstić information content (AvgIpc) is 2.89. The van der Waals surface area contributed by atoms with Crippen molar-refractivity contribution in [2.45, 2.75) is 56.8 Å². The van der Waals surface area contributed by atoms with Gasteiger partial charge < -0.3 is 36.0 Å². The van der Waals surface area contributed by atoms with Crippen LogP contribution in [0.1, 0.15) is 29.8 Å². The molecule has 0 aliphatic carbocycles. The zero-order chi connectivity index (χ0) is 28.1. The number of benzene rings is 1. The number of aliphatic hydroxyl groups is 2. The highest BCUT2D eigenvalue weighted by molar-refractivity contribution is 5.97. The molecule has 2 aliphatic rings. The molecule has 0 saturated carbocycles. The minimum absolute atomic E-state index is 0.00772. The van der Waals surface area contributed by atoms with E-state index in [2.05, 4.69) is 26.3 Å². The number of phenols is 1. The molecule has 7 N–H and O–H groups in total. The number of hydrogen-bond acceptors (Lipinski definition) is 9. The van der Waals surface area contributed by atoms with E-state index in [1.807, 2.05) is 6.07 Å². The number of hydrogen-bond donors (Lipinski definition) is 7. The molecule has 7 unspecified atom stereocenters. The fourth-order valence-corrected chi connectivity index (χ4v) is 4.78. The van der Waals surface area contributed by atoms with Crippen LogP contribution >= 0.6 is 0 Å². The zero-order valence-electron chi connectivity index (χ0n) is 21.8. The lowest BCUT2D eigenvalue weighted by Gasteiger charge is -2.39. The van der Waals surface area contributed by atoms with Crippen LogP contribution in [0.2, 0.25) is 0 Å². The third-order valence-electron chi connectivity index (χ3n) is 7.31. The van der Waals surface area contributed by atoms with Crippen LogP contribution in [0.3, 0.4) is 0 Å². The monoisotopic (exact) mass is 541 g/mol. The number of para-hydroxylation sites is 1. The molecule has 2 aromatic rings. The fourth-order valence-electron chi connectivity index (χ4n) is 4.78. The lowest BCUT2D eigenvalue weighted by Crippen LogP contribution is -2.66. The van der Waals surface area contributed by atoms with Crippen LogP contribution < -0.4 is 21.3 Å². The number of aromatic nitrogens is 1. The molecule has 2 fully saturated rings. The van der Waals surface area contributed by atoms with Crippen molar-refractivity contribution >= 4 is 17.7 Å². The third kappa shape index (κ3) is 6.71. The summed E-state index contributed by atoms with van der Waals surface area (Å²) in [7, 11) is 0. The summed E-state index contributed by atoms with van der Waals surface area (Å²) in [5.41, 5.74) is 0.744. The molecule has 4 rings (SSSR count). The van der Waals surface area contributed by atoms with E-state index in [4.69, 9.17) is 4.74 Å². The number of nitrogens with zero attached hydrogens (tertiary/aromatic N) is 1. The van der Waals surface area contributed by atoms with Gasteiger partial charge in [-0.05, 0) is 37.1 Å². The van der Waals surface area contributed by atoms with Gasteiger partial charge in [0.05, 0.1) is 42.9 Å². The van der Waals surface area contributed by atoms with Crippen molar-refractivity contribution in [1.29, 1.82) is 0 Å². The van der Waals surface area contributed by atoms with Gasteiger partial charge in [0.2, 0.25) is 11.8 Å². The summed E-state index contributed by atoms with van der Waals surface area (Å²) in [4.78, 5) is 43.6. The number of nitrogens with one attached hydrogen (secondary N) is 4.